The van der Waals surface area contributed by atoms with Crippen molar-refractivity contribution in [3.8, 4) is 0 Å². The topological polar surface area (TPSA) is 74.8 Å². The molecule has 2 aliphatic rings. The molecule has 0 aliphatic heterocycles. The SMILES string of the molecule is CN=C(NCCCOC1CCCCC1)NCCCC(=O)NC1CC1.I. The van der Waals surface area contributed by atoms with Crippen LogP contribution in [-0.4, -0.2) is 50.8 Å². The van der Waals surface area contributed by atoms with Gasteiger partial charge < -0.3 is 20.7 Å². The molecule has 0 unspecified atom stereocenters. The number of amides is 1. The van der Waals surface area contributed by atoms with E-state index in [9.17, 15) is 4.79 Å². The van der Waals surface area contributed by atoms with Crippen LogP contribution < -0.4 is 16.0 Å². The van der Waals surface area contributed by atoms with Crippen LogP contribution in [0.2, 0.25) is 0 Å². The molecule has 6 nitrogen and oxygen atoms in total. The summed E-state index contributed by atoms with van der Waals surface area (Å²) in [5.41, 5.74) is 0. The molecule has 146 valence electrons. The summed E-state index contributed by atoms with van der Waals surface area (Å²) >= 11 is 0. The first kappa shape index (κ1) is 22.5. The summed E-state index contributed by atoms with van der Waals surface area (Å²) in [5, 5.41) is 9.55. The van der Waals surface area contributed by atoms with Crippen molar-refractivity contribution in [2.75, 3.05) is 26.7 Å². The number of nitrogens with zero attached hydrogens (tertiary/aromatic N) is 1. The van der Waals surface area contributed by atoms with Gasteiger partial charge in [-0.2, -0.15) is 0 Å². The van der Waals surface area contributed by atoms with Gasteiger partial charge in [-0.1, -0.05) is 19.3 Å². The molecule has 0 atom stereocenters. The largest absolute Gasteiger partial charge is 0.378 e. The molecule has 0 heterocycles. The van der Waals surface area contributed by atoms with Gasteiger partial charge >= 0.3 is 0 Å². The number of halogens is 1. The van der Waals surface area contributed by atoms with Crippen molar-refractivity contribution >= 4 is 35.8 Å². The number of nitrogens with one attached hydrogen (secondary N) is 3. The van der Waals surface area contributed by atoms with Crippen LogP contribution in [0, 0.1) is 0 Å². The van der Waals surface area contributed by atoms with E-state index in [4.69, 9.17) is 4.74 Å². The zero-order valence-corrected chi connectivity index (χ0v) is 17.8. The van der Waals surface area contributed by atoms with Gasteiger partial charge in [0, 0.05) is 39.2 Å². The highest BCUT2D eigenvalue weighted by Crippen LogP contribution is 2.20. The molecular weight excluding hydrogens is 431 g/mol. The fraction of sp³-hybridized carbons (Fsp3) is 0.889. The van der Waals surface area contributed by atoms with Gasteiger partial charge in [-0.25, -0.2) is 0 Å². The number of hydrogen-bond donors (Lipinski definition) is 3. The van der Waals surface area contributed by atoms with Crippen LogP contribution in [0.3, 0.4) is 0 Å². The lowest BCUT2D eigenvalue weighted by Crippen LogP contribution is -2.39. The van der Waals surface area contributed by atoms with Gasteiger partial charge in [-0.15, -0.1) is 24.0 Å². The number of ether oxygens (including phenoxy) is 1. The van der Waals surface area contributed by atoms with Crippen LogP contribution >= 0.6 is 24.0 Å². The molecule has 0 saturated heterocycles. The lowest BCUT2D eigenvalue weighted by atomic mass is 9.98. The van der Waals surface area contributed by atoms with Gasteiger partial charge in [0.25, 0.3) is 0 Å². The fourth-order valence-electron chi connectivity index (χ4n) is 2.96. The number of aliphatic imine (C=N–C) groups is 1. The summed E-state index contributed by atoms with van der Waals surface area (Å²) in [6.07, 6.45) is 11.6. The van der Waals surface area contributed by atoms with Gasteiger partial charge in [0.1, 0.15) is 0 Å². The zero-order valence-electron chi connectivity index (χ0n) is 15.5. The van der Waals surface area contributed by atoms with Gasteiger partial charge in [0.15, 0.2) is 5.96 Å². The molecule has 2 fully saturated rings. The Morgan fingerprint density at radius 1 is 1.04 bits per heavy atom. The van der Waals surface area contributed by atoms with Crippen LogP contribution in [0.5, 0.6) is 0 Å². The molecule has 25 heavy (non-hydrogen) atoms. The summed E-state index contributed by atoms with van der Waals surface area (Å²) in [6.45, 7) is 2.43. The maximum absolute atomic E-state index is 11.6. The first-order chi connectivity index (χ1) is 11.8. The number of carbonyl (C=O) groups is 1. The lowest BCUT2D eigenvalue weighted by Gasteiger charge is -2.22. The first-order valence-corrected chi connectivity index (χ1v) is 9.63. The molecule has 1 amide bonds. The Balaban J connectivity index is 0.00000312. The average Bonchev–Trinajstić information content (AvgIpc) is 3.41. The van der Waals surface area contributed by atoms with Crippen LogP contribution in [0.15, 0.2) is 4.99 Å². The van der Waals surface area contributed by atoms with Gasteiger partial charge in [0.2, 0.25) is 5.91 Å². The molecule has 0 aromatic heterocycles. The maximum atomic E-state index is 11.6. The minimum absolute atomic E-state index is 0. The van der Waals surface area contributed by atoms with Crippen molar-refractivity contribution in [2.45, 2.75) is 76.4 Å². The summed E-state index contributed by atoms with van der Waals surface area (Å²) in [5.74, 6) is 0.970. The third kappa shape index (κ3) is 10.9. The normalized spacial score (nSPS) is 18.4. The number of hydrogen-bond acceptors (Lipinski definition) is 3. The molecule has 2 rings (SSSR count). The van der Waals surface area contributed by atoms with E-state index in [1.54, 1.807) is 7.05 Å². The second kappa shape index (κ2) is 13.6. The average molecular weight is 466 g/mol. The maximum Gasteiger partial charge on any atom is 0.220 e. The van der Waals surface area contributed by atoms with E-state index in [1.165, 1.54) is 32.1 Å². The molecule has 7 heteroatoms. The predicted molar refractivity (Wildman–Crippen MR) is 113 cm³/mol. The van der Waals surface area contributed by atoms with Crippen LogP contribution in [0.25, 0.3) is 0 Å². The minimum Gasteiger partial charge on any atom is -0.378 e. The fourth-order valence-corrected chi connectivity index (χ4v) is 2.96. The molecule has 3 N–H and O–H groups in total. The van der Waals surface area contributed by atoms with Crippen molar-refractivity contribution in [2.24, 2.45) is 4.99 Å². The van der Waals surface area contributed by atoms with E-state index in [2.05, 4.69) is 20.9 Å². The van der Waals surface area contributed by atoms with E-state index in [0.717, 1.165) is 51.3 Å². The van der Waals surface area contributed by atoms with E-state index in [-0.39, 0.29) is 29.9 Å². The molecule has 0 aromatic carbocycles. The third-order valence-corrected chi connectivity index (χ3v) is 4.56. The van der Waals surface area contributed by atoms with Crippen molar-refractivity contribution in [1.29, 1.82) is 0 Å². The second-order valence-electron chi connectivity index (χ2n) is 6.86. The Kier molecular flexibility index (Phi) is 12.2. The standard InChI is InChI=1S/C18H34N4O2.HI/c1-19-18(20-12-5-9-17(23)22-15-10-11-15)21-13-6-14-24-16-7-3-2-4-8-16;/h15-16H,2-14H2,1H3,(H,22,23)(H2,19,20,21);1H. The van der Waals surface area contributed by atoms with Crippen LogP contribution in [0.4, 0.5) is 0 Å². The van der Waals surface area contributed by atoms with Gasteiger partial charge in [-0.3, -0.25) is 9.79 Å². The van der Waals surface area contributed by atoms with E-state index < -0.39 is 0 Å². The summed E-state index contributed by atoms with van der Waals surface area (Å²) < 4.78 is 5.92. The van der Waals surface area contributed by atoms with E-state index in [1.807, 2.05) is 0 Å². The summed E-state index contributed by atoms with van der Waals surface area (Å²) in [6, 6.07) is 0.454. The molecule has 2 aliphatic carbocycles. The van der Waals surface area contributed by atoms with Crippen molar-refractivity contribution in [3.63, 3.8) is 0 Å². The smallest absolute Gasteiger partial charge is 0.220 e. The predicted octanol–water partition coefficient (Wildman–Crippen LogP) is 2.57. The minimum atomic E-state index is 0. The third-order valence-electron chi connectivity index (χ3n) is 4.56. The summed E-state index contributed by atoms with van der Waals surface area (Å²) in [7, 11) is 1.77. The quantitative estimate of drug-likeness (QED) is 0.200. The highest BCUT2D eigenvalue weighted by Gasteiger charge is 2.22. The molecule has 2 saturated carbocycles. The highest BCUT2D eigenvalue weighted by atomic mass is 127. The lowest BCUT2D eigenvalue weighted by molar-refractivity contribution is -0.121. The Hall–Kier alpha value is -0.570. The van der Waals surface area contributed by atoms with Crippen molar-refractivity contribution in [3.05, 3.63) is 0 Å². The first-order valence-electron chi connectivity index (χ1n) is 9.63. The van der Waals surface area contributed by atoms with Crippen LogP contribution in [0.1, 0.15) is 64.2 Å². The van der Waals surface area contributed by atoms with Gasteiger partial charge in [0.05, 0.1) is 6.10 Å². The Morgan fingerprint density at radius 3 is 2.36 bits per heavy atom. The second-order valence-corrected chi connectivity index (χ2v) is 6.86. The molecule has 0 radical (unpaired) electrons. The zero-order chi connectivity index (χ0) is 17.0. The van der Waals surface area contributed by atoms with Crippen molar-refractivity contribution < 1.29 is 9.53 Å². The Bertz CT molecular complexity index is 397. The number of guanidine groups is 1. The van der Waals surface area contributed by atoms with Crippen molar-refractivity contribution in [1.82, 2.24) is 16.0 Å². The molecule has 0 bridgehead atoms. The van der Waals surface area contributed by atoms with E-state index in [0.29, 0.717) is 18.6 Å². The highest BCUT2D eigenvalue weighted by molar-refractivity contribution is 14.0. The number of carbonyl (C=O) groups excluding carboxylic acids is 1. The Labute approximate surface area is 169 Å². The summed E-state index contributed by atoms with van der Waals surface area (Å²) in [4.78, 5) is 15.8. The molecule has 0 aromatic rings. The molecule has 0 spiro atoms. The van der Waals surface area contributed by atoms with Gasteiger partial charge in [-0.05, 0) is 38.5 Å². The van der Waals surface area contributed by atoms with E-state index >= 15 is 0 Å². The number of rotatable bonds is 10. The molecular formula is C18H35IN4O2. The van der Waals surface area contributed by atoms with Crippen LogP contribution in [-0.2, 0) is 9.53 Å². The monoisotopic (exact) mass is 466 g/mol. The Morgan fingerprint density at radius 2 is 1.72 bits per heavy atom.